The Kier molecular flexibility index (Phi) is 12.0. The molecule has 1 amide bonds. The van der Waals surface area contributed by atoms with Gasteiger partial charge < -0.3 is 30.5 Å². The summed E-state index contributed by atoms with van der Waals surface area (Å²) in [5.41, 5.74) is 7.24. The quantitative estimate of drug-likeness (QED) is 0.180. The molecular weight excluding hydrogens is 585 g/mol. The summed E-state index contributed by atoms with van der Waals surface area (Å²) in [4.78, 5) is 43.2. The molecule has 232 valence electrons. The summed E-state index contributed by atoms with van der Waals surface area (Å²) in [7, 11) is 0. The normalized spacial score (nSPS) is 13.3. The number of nitrogens with two attached hydrogens (primary N) is 1. The molecule has 1 unspecified atom stereocenters. The van der Waals surface area contributed by atoms with E-state index in [1.165, 1.54) is 24.4 Å². The second-order valence-corrected chi connectivity index (χ2v) is 10.9. The van der Waals surface area contributed by atoms with Crippen LogP contribution in [0.1, 0.15) is 50.2 Å². The lowest BCUT2D eigenvalue weighted by Crippen LogP contribution is -2.41. The number of hydrogen-bond donors (Lipinski definition) is 3. The number of aromatic nitrogens is 3. The molecule has 3 atom stereocenters. The molecule has 14 heteroatoms. The van der Waals surface area contributed by atoms with Gasteiger partial charge in [-0.05, 0) is 60.7 Å². The second kappa shape index (κ2) is 15.4. The molecule has 3 aromatic rings. The third-order valence-corrected chi connectivity index (χ3v) is 6.46. The van der Waals surface area contributed by atoms with Gasteiger partial charge in [0.2, 0.25) is 0 Å². The summed E-state index contributed by atoms with van der Waals surface area (Å²) in [5, 5.41) is 21.1. The van der Waals surface area contributed by atoms with Crippen LogP contribution in [0.4, 0.5) is 4.39 Å². The first-order valence-electron chi connectivity index (χ1n) is 13.6. The third kappa shape index (κ3) is 10.0. The predicted octanol–water partition coefficient (Wildman–Crippen LogP) is 2.69. The Morgan fingerprint density at radius 3 is 2.44 bits per heavy atom. The summed E-state index contributed by atoms with van der Waals surface area (Å²) in [5.74, 6) is -2.70. The van der Waals surface area contributed by atoms with Gasteiger partial charge in [0.1, 0.15) is 18.1 Å². The summed E-state index contributed by atoms with van der Waals surface area (Å²) in [6, 6.07) is 9.58. The molecule has 3 rings (SSSR count). The number of esters is 2. The summed E-state index contributed by atoms with van der Waals surface area (Å²) >= 11 is 6.02. The number of carbonyl (C=O) groups is 3. The molecule has 0 radical (unpaired) electrons. The van der Waals surface area contributed by atoms with E-state index >= 15 is 0 Å². The van der Waals surface area contributed by atoms with Gasteiger partial charge in [0.15, 0.2) is 11.8 Å². The number of halogens is 2. The van der Waals surface area contributed by atoms with E-state index in [-0.39, 0.29) is 24.5 Å². The van der Waals surface area contributed by atoms with Crippen molar-refractivity contribution in [1.82, 2.24) is 20.5 Å². The Hall–Kier alpha value is -4.07. The molecule has 4 N–H and O–H groups in total. The molecule has 0 aliphatic carbocycles. The molecule has 1 aromatic heterocycles. The largest absolute Gasteiger partial charge is 0.461 e. The number of carbonyl (C=O) groups excluding carboxylic acids is 3. The molecule has 2 aromatic carbocycles. The maximum Gasteiger partial charge on any atom is 0.335 e. The van der Waals surface area contributed by atoms with E-state index in [0.717, 1.165) is 10.4 Å². The molecule has 0 saturated carbocycles. The lowest BCUT2D eigenvalue weighted by molar-refractivity contribution is -0.160. The van der Waals surface area contributed by atoms with Gasteiger partial charge in [0, 0.05) is 23.0 Å². The van der Waals surface area contributed by atoms with E-state index in [2.05, 4.69) is 15.6 Å². The maximum atomic E-state index is 14.3. The van der Waals surface area contributed by atoms with Gasteiger partial charge in [-0.15, -0.1) is 5.10 Å². The van der Waals surface area contributed by atoms with Crippen LogP contribution < -0.4 is 15.9 Å². The van der Waals surface area contributed by atoms with Gasteiger partial charge in [-0.1, -0.05) is 54.6 Å². The molecule has 0 aliphatic heterocycles. The maximum absolute atomic E-state index is 14.3. The predicted molar refractivity (Wildman–Crippen MR) is 154 cm³/mol. The smallest absolute Gasteiger partial charge is 0.335 e. The standard InChI is InChI=1S/C29H35ClFN5O7/c1-16(2)26(32)29(40)41-15-42-36-14-24(34-35-36)27(38)33-21(13-25(37)28(39)43-17(3)4)11-18-5-7-19(8-6-18)22-12-20(30)9-10-23(22)31/h5-10,12,14,16-17,21,25-26,37H,11,13,15,32H2,1-4H3,(H,33,38)/t21-,25-,26?/m1/s1. The van der Waals surface area contributed by atoms with Crippen molar-refractivity contribution in [2.75, 3.05) is 6.79 Å². The van der Waals surface area contributed by atoms with Crippen molar-refractivity contribution in [2.45, 2.75) is 64.8 Å². The zero-order valence-corrected chi connectivity index (χ0v) is 25.0. The molecule has 43 heavy (non-hydrogen) atoms. The van der Waals surface area contributed by atoms with Crippen molar-refractivity contribution in [1.29, 1.82) is 0 Å². The van der Waals surface area contributed by atoms with Gasteiger partial charge in [0.05, 0.1) is 6.10 Å². The lowest BCUT2D eigenvalue weighted by atomic mass is 9.97. The van der Waals surface area contributed by atoms with Crippen molar-refractivity contribution >= 4 is 29.4 Å². The molecule has 0 saturated heterocycles. The molecular formula is C29H35ClFN5O7. The third-order valence-electron chi connectivity index (χ3n) is 6.22. The zero-order chi connectivity index (χ0) is 31.7. The van der Waals surface area contributed by atoms with Crippen molar-refractivity contribution in [2.24, 2.45) is 11.7 Å². The molecule has 0 aliphatic rings. The van der Waals surface area contributed by atoms with Gasteiger partial charge in [-0.2, -0.15) is 0 Å². The minimum absolute atomic E-state index is 0.128. The van der Waals surface area contributed by atoms with E-state index in [0.29, 0.717) is 16.1 Å². The van der Waals surface area contributed by atoms with Crippen molar-refractivity contribution in [3.05, 3.63) is 70.8 Å². The molecule has 12 nitrogen and oxygen atoms in total. The highest BCUT2D eigenvalue weighted by atomic mass is 35.5. The average molecular weight is 620 g/mol. The number of benzene rings is 2. The number of rotatable bonds is 14. The Bertz CT molecular complexity index is 1400. The van der Waals surface area contributed by atoms with Crippen LogP contribution in [-0.4, -0.2) is 69.2 Å². The fraction of sp³-hybridized carbons (Fsp3) is 0.414. The average Bonchev–Trinajstić information content (AvgIpc) is 3.43. The summed E-state index contributed by atoms with van der Waals surface area (Å²) in [6.07, 6.45) is -0.755. The van der Waals surface area contributed by atoms with Gasteiger partial charge in [0.25, 0.3) is 12.7 Å². The van der Waals surface area contributed by atoms with E-state index in [9.17, 15) is 23.9 Å². The summed E-state index contributed by atoms with van der Waals surface area (Å²) in [6.45, 7) is 6.34. The Balaban J connectivity index is 1.69. The number of amides is 1. The number of aliphatic hydroxyl groups is 1. The Morgan fingerprint density at radius 2 is 1.79 bits per heavy atom. The lowest BCUT2D eigenvalue weighted by Gasteiger charge is -2.21. The zero-order valence-electron chi connectivity index (χ0n) is 24.2. The van der Waals surface area contributed by atoms with Crippen molar-refractivity contribution in [3.8, 4) is 11.1 Å². The molecule has 0 fully saturated rings. The highest BCUT2D eigenvalue weighted by molar-refractivity contribution is 6.30. The number of hydrogen-bond acceptors (Lipinski definition) is 10. The van der Waals surface area contributed by atoms with Gasteiger partial charge >= 0.3 is 11.9 Å². The first-order chi connectivity index (χ1) is 20.3. The Morgan fingerprint density at radius 1 is 1.09 bits per heavy atom. The topological polar surface area (TPSA) is 168 Å². The van der Waals surface area contributed by atoms with Crippen LogP contribution >= 0.6 is 11.6 Å². The van der Waals surface area contributed by atoms with E-state index < -0.39 is 54.7 Å². The minimum Gasteiger partial charge on any atom is -0.461 e. The number of nitrogens with zero attached hydrogens (tertiary/aromatic N) is 3. The molecule has 0 spiro atoms. The van der Waals surface area contributed by atoms with Crippen LogP contribution in [0.3, 0.4) is 0 Å². The monoisotopic (exact) mass is 619 g/mol. The minimum atomic E-state index is -1.52. The number of nitrogens with one attached hydrogen (secondary N) is 1. The number of ether oxygens (including phenoxy) is 2. The van der Waals surface area contributed by atoms with Crippen LogP contribution in [0.5, 0.6) is 0 Å². The molecule has 1 heterocycles. The highest BCUT2D eigenvalue weighted by Gasteiger charge is 2.26. The van der Waals surface area contributed by atoms with E-state index in [4.69, 9.17) is 31.6 Å². The fourth-order valence-electron chi connectivity index (χ4n) is 3.88. The van der Waals surface area contributed by atoms with Crippen LogP contribution in [0.2, 0.25) is 5.02 Å². The van der Waals surface area contributed by atoms with Crippen LogP contribution in [0, 0.1) is 11.7 Å². The highest BCUT2D eigenvalue weighted by Crippen LogP contribution is 2.26. The fourth-order valence-corrected chi connectivity index (χ4v) is 4.05. The Labute approximate surface area is 253 Å². The SMILES string of the molecule is CC(C)OC(=O)[C@H](O)C[C@@H](Cc1ccc(-c2cc(Cl)ccc2F)cc1)NC(=O)c1cn(OCOC(=O)C(N)C(C)C)nn1. The van der Waals surface area contributed by atoms with Crippen LogP contribution in [-0.2, 0) is 25.5 Å². The second-order valence-electron chi connectivity index (χ2n) is 10.4. The van der Waals surface area contributed by atoms with Crippen LogP contribution in [0.15, 0.2) is 48.7 Å². The van der Waals surface area contributed by atoms with Gasteiger partial charge in [-0.3, -0.25) is 9.59 Å². The van der Waals surface area contributed by atoms with E-state index in [1.807, 2.05) is 0 Å². The van der Waals surface area contributed by atoms with Crippen LogP contribution in [0.25, 0.3) is 11.1 Å². The number of aliphatic hydroxyl groups excluding tert-OH is 1. The van der Waals surface area contributed by atoms with Gasteiger partial charge in [-0.25, -0.2) is 9.18 Å². The first kappa shape index (κ1) is 33.4. The van der Waals surface area contributed by atoms with Crippen molar-refractivity contribution < 1.29 is 38.2 Å². The first-order valence-corrected chi connectivity index (χ1v) is 13.9. The molecule has 0 bridgehead atoms. The summed E-state index contributed by atoms with van der Waals surface area (Å²) < 4.78 is 24.3. The van der Waals surface area contributed by atoms with Crippen molar-refractivity contribution in [3.63, 3.8) is 0 Å². The van der Waals surface area contributed by atoms with E-state index in [1.54, 1.807) is 52.0 Å².